The van der Waals surface area contributed by atoms with Crippen LogP contribution in [0, 0.1) is 5.92 Å². The summed E-state index contributed by atoms with van der Waals surface area (Å²) >= 11 is 0. The largest absolute Gasteiger partial charge is 0.513 e. The summed E-state index contributed by atoms with van der Waals surface area (Å²) in [6.07, 6.45) is -1.84. The minimum Gasteiger partial charge on any atom is -0.480 e. The van der Waals surface area contributed by atoms with E-state index in [0.717, 1.165) is 0 Å². The Kier molecular flexibility index (Phi) is 13.0. The van der Waals surface area contributed by atoms with Crippen LogP contribution < -0.4 is 15.2 Å². The van der Waals surface area contributed by atoms with Crippen molar-refractivity contribution < 1.29 is 52.7 Å². The van der Waals surface area contributed by atoms with E-state index in [4.69, 9.17) is 34.2 Å². The smallest absolute Gasteiger partial charge is 0.480 e. The summed E-state index contributed by atoms with van der Waals surface area (Å²) in [7, 11) is 0. The number of carboxylic acid groups (broad SMARTS) is 1. The Morgan fingerprint density at radius 1 is 0.857 bits per heavy atom. The maximum absolute atomic E-state index is 12.1. The van der Waals surface area contributed by atoms with E-state index in [-0.39, 0.29) is 37.9 Å². The maximum atomic E-state index is 12.1. The molecule has 35 heavy (non-hydrogen) atoms. The van der Waals surface area contributed by atoms with Gasteiger partial charge >= 0.3 is 24.4 Å². The number of carbonyl (C=O) groups excluding carboxylic acids is 3. The van der Waals surface area contributed by atoms with E-state index in [0.29, 0.717) is 18.4 Å². The molecule has 196 valence electrons. The van der Waals surface area contributed by atoms with E-state index in [9.17, 15) is 24.3 Å². The second-order valence-corrected chi connectivity index (χ2v) is 7.47. The predicted octanol–water partition coefficient (Wildman–Crippen LogP) is 3.84. The zero-order chi connectivity index (χ0) is 26.4. The molecule has 0 amide bonds. The van der Waals surface area contributed by atoms with Gasteiger partial charge in [-0.2, -0.15) is 0 Å². The first-order valence-corrected chi connectivity index (χ1v) is 11.3. The molecular formula is C23H33NO11. The highest BCUT2D eigenvalue weighted by Crippen LogP contribution is 2.36. The Bertz CT molecular complexity index is 858. The highest BCUT2D eigenvalue weighted by Gasteiger charge is 2.33. The van der Waals surface area contributed by atoms with Gasteiger partial charge in [0.1, 0.15) is 6.04 Å². The molecule has 1 aromatic carbocycles. The van der Waals surface area contributed by atoms with Crippen LogP contribution in [0.2, 0.25) is 0 Å². The van der Waals surface area contributed by atoms with Crippen molar-refractivity contribution in [2.45, 2.75) is 52.5 Å². The van der Waals surface area contributed by atoms with Gasteiger partial charge in [0.2, 0.25) is 0 Å². The third kappa shape index (κ3) is 10.1. The standard InChI is InChI=1S/C23H33NO11/c1-5-10-31-22(28)34-16-9-8-15(12-17(16)35-23(29)32-11-6-2)18(19(24)20(25)26)14(4)13-33-21(27)30-7-3/h8-9,12,14,18-19H,5-7,10-11,13,24H2,1-4H3,(H,25,26)/t14?,18?,19-/m0/s1. The molecule has 0 fully saturated rings. The van der Waals surface area contributed by atoms with Crippen molar-refractivity contribution in [2.24, 2.45) is 11.7 Å². The van der Waals surface area contributed by atoms with Crippen LogP contribution in [0.4, 0.5) is 14.4 Å². The molecule has 3 N–H and O–H groups in total. The van der Waals surface area contributed by atoms with Crippen molar-refractivity contribution in [3.8, 4) is 11.5 Å². The molecule has 0 aliphatic carbocycles. The topological polar surface area (TPSA) is 170 Å². The molecule has 0 spiro atoms. The monoisotopic (exact) mass is 499 g/mol. The van der Waals surface area contributed by atoms with E-state index >= 15 is 0 Å². The van der Waals surface area contributed by atoms with Gasteiger partial charge < -0.3 is 39.3 Å². The summed E-state index contributed by atoms with van der Waals surface area (Å²) in [5, 5.41) is 9.54. The number of hydrogen-bond acceptors (Lipinski definition) is 11. The number of aliphatic carboxylic acids is 1. The molecule has 0 radical (unpaired) electrons. The summed E-state index contributed by atoms with van der Waals surface area (Å²) in [4.78, 5) is 47.3. The minimum absolute atomic E-state index is 0.0992. The van der Waals surface area contributed by atoms with Crippen molar-refractivity contribution in [3.63, 3.8) is 0 Å². The van der Waals surface area contributed by atoms with Gasteiger partial charge in [-0.15, -0.1) is 0 Å². The number of carbonyl (C=O) groups is 4. The predicted molar refractivity (Wildman–Crippen MR) is 121 cm³/mol. The Balaban J connectivity index is 3.30. The molecule has 12 heteroatoms. The van der Waals surface area contributed by atoms with Crippen molar-refractivity contribution >= 4 is 24.4 Å². The number of nitrogens with two attached hydrogens (primary N) is 1. The van der Waals surface area contributed by atoms with E-state index in [1.807, 2.05) is 0 Å². The van der Waals surface area contributed by atoms with Crippen LogP contribution in [0.1, 0.15) is 52.0 Å². The summed E-state index contributed by atoms with van der Waals surface area (Å²) < 4.78 is 29.9. The lowest BCUT2D eigenvalue weighted by Gasteiger charge is -2.27. The number of rotatable bonds is 13. The van der Waals surface area contributed by atoms with Crippen LogP contribution in [-0.2, 0) is 23.7 Å². The lowest BCUT2D eigenvalue weighted by atomic mass is 9.82. The maximum Gasteiger partial charge on any atom is 0.513 e. The molecule has 0 aromatic heterocycles. The molecule has 3 atom stereocenters. The second kappa shape index (κ2) is 15.4. The van der Waals surface area contributed by atoms with Crippen molar-refractivity contribution in [3.05, 3.63) is 23.8 Å². The lowest BCUT2D eigenvalue weighted by molar-refractivity contribution is -0.139. The van der Waals surface area contributed by atoms with Crippen molar-refractivity contribution in [2.75, 3.05) is 26.4 Å². The summed E-state index contributed by atoms with van der Waals surface area (Å²) in [5.74, 6) is -3.14. The Morgan fingerprint density at radius 2 is 1.43 bits per heavy atom. The molecule has 1 rings (SSSR count). The molecule has 0 heterocycles. The Hall–Kier alpha value is -3.54. The third-order valence-electron chi connectivity index (χ3n) is 4.60. The van der Waals surface area contributed by atoms with Gasteiger partial charge in [-0.25, -0.2) is 14.4 Å². The zero-order valence-electron chi connectivity index (χ0n) is 20.3. The van der Waals surface area contributed by atoms with Gasteiger partial charge in [-0.3, -0.25) is 4.79 Å². The minimum atomic E-state index is -1.41. The lowest BCUT2D eigenvalue weighted by Crippen LogP contribution is -2.40. The molecule has 0 aliphatic rings. The molecule has 0 saturated heterocycles. The fourth-order valence-corrected chi connectivity index (χ4v) is 3.01. The van der Waals surface area contributed by atoms with E-state index < -0.39 is 42.3 Å². The number of hydrogen-bond donors (Lipinski definition) is 2. The van der Waals surface area contributed by atoms with Gasteiger partial charge in [0.25, 0.3) is 0 Å². The highest BCUT2D eigenvalue weighted by molar-refractivity contribution is 5.75. The van der Waals surface area contributed by atoms with Gasteiger partial charge in [-0.1, -0.05) is 26.8 Å². The molecule has 1 aromatic rings. The van der Waals surface area contributed by atoms with Gasteiger partial charge in [0, 0.05) is 5.92 Å². The van der Waals surface area contributed by atoms with Gasteiger partial charge in [0.15, 0.2) is 11.5 Å². The quantitative estimate of drug-likeness (QED) is 0.229. The normalized spacial score (nSPS) is 13.1. The highest BCUT2D eigenvalue weighted by atomic mass is 16.7. The summed E-state index contributed by atoms with van der Waals surface area (Å²) in [6.45, 7) is 6.99. The van der Waals surface area contributed by atoms with Crippen LogP contribution in [0.15, 0.2) is 18.2 Å². The van der Waals surface area contributed by atoms with Crippen molar-refractivity contribution in [1.29, 1.82) is 0 Å². The van der Waals surface area contributed by atoms with Crippen LogP contribution >= 0.6 is 0 Å². The van der Waals surface area contributed by atoms with Crippen LogP contribution in [0.3, 0.4) is 0 Å². The van der Waals surface area contributed by atoms with E-state index in [1.165, 1.54) is 18.2 Å². The molecular weight excluding hydrogens is 466 g/mol. The molecule has 0 saturated carbocycles. The summed E-state index contributed by atoms with van der Waals surface area (Å²) in [5.41, 5.74) is 6.27. The zero-order valence-corrected chi connectivity index (χ0v) is 20.3. The number of carboxylic acids is 1. The fraction of sp³-hybridized carbons (Fsp3) is 0.565. The number of ether oxygens (including phenoxy) is 6. The Morgan fingerprint density at radius 3 is 1.94 bits per heavy atom. The SMILES string of the molecule is CCCOC(=O)Oc1ccc(C(C(C)COC(=O)OCC)[C@H](N)C(=O)O)cc1OC(=O)OCCC. The molecule has 0 bridgehead atoms. The third-order valence-corrected chi connectivity index (χ3v) is 4.60. The van der Waals surface area contributed by atoms with Crippen LogP contribution in [0.25, 0.3) is 0 Å². The van der Waals surface area contributed by atoms with Gasteiger partial charge in [-0.05, 0) is 43.4 Å². The molecule has 0 aliphatic heterocycles. The van der Waals surface area contributed by atoms with Gasteiger partial charge in [0.05, 0.1) is 26.4 Å². The average molecular weight is 500 g/mol. The molecule has 12 nitrogen and oxygen atoms in total. The average Bonchev–Trinajstić information content (AvgIpc) is 2.81. The number of benzene rings is 1. The molecule has 2 unspecified atom stereocenters. The second-order valence-electron chi connectivity index (χ2n) is 7.47. The first-order valence-electron chi connectivity index (χ1n) is 11.3. The van der Waals surface area contributed by atoms with Crippen molar-refractivity contribution in [1.82, 2.24) is 0 Å². The van der Waals surface area contributed by atoms with Crippen LogP contribution in [0.5, 0.6) is 11.5 Å². The van der Waals surface area contributed by atoms with E-state index in [2.05, 4.69) is 0 Å². The van der Waals surface area contributed by atoms with Crippen LogP contribution in [-0.4, -0.2) is 62.0 Å². The fourth-order valence-electron chi connectivity index (χ4n) is 3.01. The summed E-state index contributed by atoms with van der Waals surface area (Å²) in [6, 6.07) is 2.67. The first-order chi connectivity index (χ1) is 16.6. The van der Waals surface area contributed by atoms with E-state index in [1.54, 1.807) is 27.7 Å². The Labute approximate surface area is 203 Å². The first kappa shape index (κ1) is 29.5.